The van der Waals surface area contributed by atoms with Crippen LogP contribution in [0.4, 0.5) is 0 Å². The maximum atomic E-state index is 11.7. The molecule has 0 amide bonds. The number of ether oxygens (including phenoxy) is 1. The molecule has 0 unspecified atom stereocenters. The topological polar surface area (TPSA) is 63.8 Å². The van der Waals surface area contributed by atoms with Gasteiger partial charge in [-0.2, -0.15) is 0 Å². The number of aryl methyl sites for hydroxylation is 2. The molecule has 0 radical (unpaired) electrons. The fourth-order valence-electron chi connectivity index (χ4n) is 3.01. The summed E-state index contributed by atoms with van der Waals surface area (Å²) >= 11 is 0. The molecule has 1 N–H and O–H groups in total. The molecule has 0 spiro atoms. The van der Waals surface area contributed by atoms with Gasteiger partial charge in [-0.1, -0.05) is 49.9 Å². The number of aromatic nitrogens is 2. The summed E-state index contributed by atoms with van der Waals surface area (Å²) in [5.41, 5.74) is 3.89. The van der Waals surface area contributed by atoms with E-state index in [4.69, 9.17) is 4.74 Å². The molecule has 25 heavy (non-hydrogen) atoms. The van der Waals surface area contributed by atoms with Crippen LogP contribution in [0, 0.1) is 6.92 Å². The number of nitrogens with zero attached hydrogens (tertiary/aromatic N) is 2. The zero-order valence-corrected chi connectivity index (χ0v) is 14.3. The first-order chi connectivity index (χ1) is 12.1. The van der Waals surface area contributed by atoms with E-state index in [0.29, 0.717) is 30.1 Å². The van der Waals surface area contributed by atoms with Crippen LogP contribution in [-0.4, -0.2) is 20.5 Å². The Morgan fingerprint density at radius 3 is 2.68 bits per heavy atom. The van der Waals surface area contributed by atoms with Crippen molar-refractivity contribution in [2.45, 2.75) is 26.9 Å². The van der Waals surface area contributed by atoms with Crippen molar-refractivity contribution in [2.24, 2.45) is 0 Å². The lowest BCUT2D eigenvalue weighted by molar-refractivity contribution is 0.0688. The van der Waals surface area contributed by atoms with E-state index in [1.807, 2.05) is 43.3 Å². The molecule has 1 aromatic carbocycles. The molecule has 0 aliphatic rings. The Balaban J connectivity index is 2.17. The summed E-state index contributed by atoms with van der Waals surface area (Å²) in [6.07, 6.45) is 2.38. The third-order valence-corrected chi connectivity index (χ3v) is 4.16. The van der Waals surface area contributed by atoms with Gasteiger partial charge in [0.2, 0.25) is 0 Å². The monoisotopic (exact) mass is 336 g/mol. The number of fused-ring (bicyclic) bond motifs is 1. The van der Waals surface area contributed by atoms with Gasteiger partial charge in [0.1, 0.15) is 6.61 Å². The Morgan fingerprint density at radius 2 is 2.08 bits per heavy atom. The molecular weight excluding hydrogens is 316 g/mol. The largest absolute Gasteiger partial charge is 0.485 e. The van der Waals surface area contributed by atoms with Gasteiger partial charge in [-0.3, -0.25) is 4.40 Å². The van der Waals surface area contributed by atoms with Crippen molar-refractivity contribution >= 4 is 17.7 Å². The average Bonchev–Trinajstić information content (AvgIpc) is 2.97. The van der Waals surface area contributed by atoms with Crippen LogP contribution >= 0.6 is 0 Å². The molecule has 5 heteroatoms. The minimum Gasteiger partial charge on any atom is -0.485 e. The number of pyridine rings is 1. The molecule has 0 aliphatic carbocycles. The summed E-state index contributed by atoms with van der Waals surface area (Å²) in [4.78, 5) is 16.2. The van der Waals surface area contributed by atoms with Gasteiger partial charge >= 0.3 is 5.97 Å². The van der Waals surface area contributed by atoms with Crippen molar-refractivity contribution in [3.05, 3.63) is 71.2 Å². The zero-order valence-electron chi connectivity index (χ0n) is 14.3. The number of hydrogen-bond donors (Lipinski definition) is 1. The van der Waals surface area contributed by atoms with E-state index in [1.165, 1.54) is 0 Å². The highest BCUT2D eigenvalue weighted by Crippen LogP contribution is 2.29. The molecule has 2 aromatic heterocycles. The highest BCUT2D eigenvalue weighted by molar-refractivity contribution is 5.89. The normalized spacial score (nSPS) is 10.8. The first kappa shape index (κ1) is 16.8. The number of imidazole rings is 1. The summed E-state index contributed by atoms with van der Waals surface area (Å²) in [6, 6.07) is 11.7. The average molecular weight is 336 g/mol. The Bertz CT molecular complexity index is 943. The van der Waals surface area contributed by atoms with Crippen LogP contribution in [-0.2, 0) is 13.0 Å². The number of carbonyl (C=O) groups is 1. The Labute approximate surface area is 146 Å². The quantitative estimate of drug-likeness (QED) is 0.735. The number of carboxylic acid groups (broad SMARTS) is 1. The molecule has 0 saturated heterocycles. The van der Waals surface area contributed by atoms with Gasteiger partial charge in [0, 0.05) is 5.69 Å². The number of hydrogen-bond acceptors (Lipinski definition) is 3. The maximum Gasteiger partial charge on any atom is 0.354 e. The second-order valence-corrected chi connectivity index (χ2v) is 5.75. The minimum atomic E-state index is -1.00. The van der Waals surface area contributed by atoms with Gasteiger partial charge in [0.25, 0.3) is 0 Å². The fraction of sp³-hybridized carbons (Fsp3) is 0.200. The molecule has 128 valence electrons. The summed E-state index contributed by atoms with van der Waals surface area (Å²) in [7, 11) is 0. The van der Waals surface area contributed by atoms with Gasteiger partial charge in [-0.05, 0) is 30.5 Å². The van der Waals surface area contributed by atoms with Crippen molar-refractivity contribution < 1.29 is 14.6 Å². The maximum absolute atomic E-state index is 11.7. The molecule has 5 nitrogen and oxygen atoms in total. The summed E-state index contributed by atoms with van der Waals surface area (Å²) in [6.45, 7) is 7.91. The Kier molecular flexibility index (Phi) is 4.57. The van der Waals surface area contributed by atoms with E-state index in [9.17, 15) is 9.90 Å². The van der Waals surface area contributed by atoms with Crippen molar-refractivity contribution in [3.63, 3.8) is 0 Å². The molecule has 2 heterocycles. The first-order valence-electron chi connectivity index (χ1n) is 8.14. The van der Waals surface area contributed by atoms with E-state index in [1.54, 1.807) is 17.4 Å². The minimum absolute atomic E-state index is 0.167. The molecule has 3 aromatic rings. The fourth-order valence-corrected chi connectivity index (χ4v) is 3.01. The van der Waals surface area contributed by atoms with Gasteiger partial charge < -0.3 is 9.84 Å². The Morgan fingerprint density at radius 1 is 1.36 bits per heavy atom. The molecule has 0 bridgehead atoms. The second kappa shape index (κ2) is 6.81. The number of aromatic carboxylic acids is 1. The van der Waals surface area contributed by atoms with Gasteiger partial charge in [0.15, 0.2) is 17.1 Å². The van der Waals surface area contributed by atoms with E-state index in [0.717, 1.165) is 16.8 Å². The van der Waals surface area contributed by atoms with E-state index < -0.39 is 5.97 Å². The van der Waals surface area contributed by atoms with Crippen LogP contribution in [0.1, 0.15) is 39.9 Å². The van der Waals surface area contributed by atoms with Gasteiger partial charge in [-0.15, -0.1) is 0 Å². The predicted molar refractivity (Wildman–Crippen MR) is 97.1 cm³/mol. The van der Waals surface area contributed by atoms with E-state index >= 15 is 0 Å². The van der Waals surface area contributed by atoms with E-state index in [2.05, 4.69) is 11.6 Å². The SMILES string of the molecule is C=Cc1cc(OCc2ccccc2)c2nc(C)c(C(=O)O)n2c1CC. The third kappa shape index (κ3) is 3.01. The molecule has 0 atom stereocenters. The van der Waals surface area contributed by atoms with E-state index in [-0.39, 0.29) is 5.69 Å². The van der Waals surface area contributed by atoms with Crippen LogP contribution in [0.15, 0.2) is 43.0 Å². The Hall–Kier alpha value is -3.08. The standard InChI is InChI=1S/C20H20N2O3/c1-4-15-11-17(25-12-14-9-7-6-8-10-14)19-21-13(3)18(20(23)24)22(19)16(15)5-2/h4,6-11H,1,5,12H2,2-3H3,(H,23,24). The van der Waals surface area contributed by atoms with Gasteiger partial charge in [-0.25, -0.2) is 9.78 Å². The molecule has 3 rings (SSSR count). The predicted octanol–water partition coefficient (Wildman–Crippen LogP) is 4.13. The van der Waals surface area contributed by atoms with Crippen molar-refractivity contribution in [3.8, 4) is 5.75 Å². The smallest absolute Gasteiger partial charge is 0.354 e. The summed E-state index contributed by atoms with van der Waals surface area (Å²) < 4.78 is 7.65. The second-order valence-electron chi connectivity index (χ2n) is 5.75. The van der Waals surface area contributed by atoms with Crippen molar-refractivity contribution in [1.29, 1.82) is 0 Å². The zero-order chi connectivity index (χ0) is 18.0. The van der Waals surface area contributed by atoms with Crippen molar-refractivity contribution in [1.82, 2.24) is 9.38 Å². The van der Waals surface area contributed by atoms with Gasteiger partial charge in [0.05, 0.1) is 5.69 Å². The van der Waals surface area contributed by atoms with Crippen LogP contribution in [0.2, 0.25) is 0 Å². The third-order valence-electron chi connectivity index (χ3n) is 4.16. The van der Waals surface area contributed by atoms with Crippen LogP contribution in [0.3, 0.4) is 0 Å². The molecular formula is C20H20N2O3. The lowest BCUT2D eigenvalue weighted by Gasteiger charge is -2.14. The molecule has 0 aliphatic heterocycles. The number of benzene rings is 1. The lowest BCUT2D eigenvalue weighted by Crippen LogP contribution is -2.10. The highest BCUT2D eigenvalue weighted by Gasteiger charge is 2.22. The highest BCUT2D eigenvalue weighted by atomic mass is 16.5. The summed E-state index contributed by atoms with van der Waals surface area (Å²) in [5.74, 6) is -0.457. The van der Waals surface area contributed by atoms with Crippen LogP contribution < -0.4 is 4.74 Å². The first-order valence-corrected chi connectivity index (χ1v) is 8.14. The van der Waals surface area contributed by atoms with Crippen LogP contribution in [0.5, 0.6) is 5.75 Å². The number of rotatable bonds is 6. The lowest BCUT2D eigenvalue weighted by atomic mass is 10.1. The number of carboxylic acids is 1. The van der Waals surface area contributed by atoms with Crippen molar-refractivity contribution in [2.75, 3.05) is 0 Å². The molecule has 0 fully saturated rings. The van der Waals surface area contributed by atoms with Crippen LogP contribution in [0.25, 0.3) is 11.7 Å². The molecule has 0 saturated carbocycles. The summed E-state index contributed by atoms with van der Waals surface area (Å²) in [5, 5.41) is 9.61.